The zero-order valence-electron chi connectivity index (χ0n) is 5.48. The molecule has 0 amide bonds. The molecule has 2 heteroatoms. The monoisotopic (exact) mass is 147 g/mol. The Morgan fingerprint density at radius 3 is 2.67 bits per heavy atom. The van der Waals surface area contributed by atoms with E-state index in [0.29, 0.717) is 0 Å². The third-order valence-corrected chi connectivity index (χ3v) is 2.28. The summed E-state index contributed by atoms with van der Waals surface area (Å²) in [5.74, 6) is 0. The van der Waals surface area contributed by atoms with Gasteiger partial charge in [-0.15, -0.1) is 11.6 Å². The van der Waals surface area contributed by atoms with Crippen LogP contribution in [0.5, 0.6) is 0 Å². The van der Waals surface area contributed by atoms with Crippen molar-refractivity contribution in [1.29, 1.82) is 0 Å². The number of rotatable bonds is 0. The fourth-order valence-electron chi connectivity index (χ4n) is 1.22. The van der Waals surface area contributed by atoms with E-state index in [2.05, 4.69) is 0 Å². The second-order valence-electron chi connectivity index (χ2n) is 2.73. The number of hydrogen-bond donors (Lipinski definition) is 0. The second kappa shape index (κ2) is 3.43. The van der Waals surface area contributed by atoms with Crippen LogP contribution in [-0.4, -0.2) is 11.5 Å². The topological polar surface area (TPSA) is 19.9 Å². The first-order valence-electron chi connectivity index (χ1n) is 3.59. The van der Waals surface area contributed by atoms with Gasteiger partial charge in [-0.1, -0.05) is 0 Å². The van der Waals surface area contributed by atoms with Gasteiger partial charge in [0.1, 0.15) is 0 Å². The van der Waals surface area contributed by atoms with Crippen molar-refractivity contribution >= 4 is 11.6 Å². The van der Waals surface area contributed by atoms with Gasteiger partial charge in [0.2, 0.25) is 0 Å². The molecule has 2 unspecified atom stereocenters. The molecule has 0 aromatic rings. The molecule has 0 bridgehead atoms. The molecule has 0 aromatic carbocycles. The molecular formula is C7H12ClO. The maximum Gasteiger partial charge on any atom is 0.0930 e. The van der Waals surface area contributed by atoms with E-state index in [1.54, 1.807) is 0 Å². The van der Waals surface area contributed by atoms with Crippen molar-refractivity contribution in [3.05, 3.63) is 0 Å². The van der Waals surface area contributed by atoms with Gasteiger partial charge < -0.3 is 0 Å². The number of halogens is 1. The van der Waals surface area contributed by atoms with E-state index in [-0.39, 0.29) is 11.5 Å². The molecule has 53 valence electrons. The zero-order valence-corrected chi connectivity index (χ0v) is 6.23. The van der Waals surface area contributed by atoms with E-state index in [0.717, 1.165) is 32.1 Å². The molecule has 1 fully saturated rings. The van der Waals surface area contributed by atoms with E-state index >= 15 is 0 Å². The zero-order chi connectivity index (χ0) is 6.69. The summed E-state index contributed by atoms with van der Waals surface area (Å²) in [4.78, 5) is 0. The average molecular weight is 148 g/mol. The highest BCUT2D eigenvalue weighted by atomic mass is 35.5. The van der Waals surface area contributed by atoms with E-state index < -0.39 is 0 Å². The molecule has 1 saturated carbocycles. The quantitative estimate of drug-likeness (QED) is 0.370. The first-order chi connectivity index (χ1) is 4.29. The Bertz CT molecular complexity index is 75.0. The Labute approximate surface area is 61.0 Å². The average Bonchev–Trinajstić information content (AvgIpc) is 1.97. The summed E-state index contributed by atoms with van der Waals surface area (Å²) in [6, 6.07) is 0. The summed E-state index contributed by atoms with van der Waals surface area (Å²) in [6.07, 6.45) is 4.30. The van der Waals surface area contributed by atoms with Crippen LogP contribution in [0, 0.1) is 0 Å². The summed E-state index contributed by atoms with van der Waals surface area (Å²) in [6.45, 7) is 0. The summed E-state index contributed by atoms with van der Waals surface area (Å²) >= 11 is 5.85. The van der Waals surface area contributed by atoms with Crippen molar-refractivity contribution < 1.29 is 5.11 Å². The van der Waals surface area contributed by atoms with Crippen molar-refractivity contribution in [3.8, 4) is 0 Å². The largest absolute Gasteiger partial charge is 0.233 e. The lowest BCUT2D eigenvalue weighted by Gasteiger charge is -2.01. The molecule has 0 aliphatic heterocycles. The Morgan fingerprint density at radius 1 is 1.11 bits per heavy atom. The minimum Gasteiger partial charge on any atom is -0.233 e. The van der Waals surface area contributed by atoms with Crippen LogP contribution in [0.4, 0.5) is 0 Å². The second-order valence-corrected chi connectivity index (χ2v) is 3.34. The Hall–Kier alpha value is 0.250. The van der Waals surface area contributed by atoms with Gasteiger partial charge >= 0.3 is 0 Å². The molecule has 2 atom stereocenters. The fourth-order valence-corrected chi connectivity index (χ4v) is 1.50. The standard InChI is InChI=1S/C7H12ClO/c8-6-2-1-3-7(9)5-4-6/h6-7H,1-5H2. The van der Waals surface area contributed by atoms with Gasteiger partial charge in [-0.25, -0.2) is 5.11 Å². The molecule has 1 radical (unpaired) electrons. The van der Waals surface area contributed by atoms with Crippen LogP contribution in [0.25, 0.3) is 0 Å². The van der Waals surface area contributed by atoms with Gasteiger partial charge in [-0.05, 0) is 32.1 Å². The molecular weight excluding hydrogens is 136 g/mol. The Kier molecular flexibility index (Phi) is 2.80. The summed E-state index contributed by atoms with van der Waals surface area (Å²) in [5, 5.41) is 11.1. The third kappa shape index (κ3) is 2.55. The molecule has 1 rings (SSSR count). The first-order valence-corrected chi connectivity index (χ1v) is 4.02. The Balaban J connectivity index is 2.25. The smallest absolute Gasteiger partial charge is 0.0930 e. The van der Waals surface area contributed by atoms with Crippen molar-refractivity contribution in [1.82, 2.24) is 0 Å². The van der Waals surface area contributed by atoms with Crippen molar-refractivity contribution in [2.45, 2.75) is 43.6 Å². The molecule has 1 aliphatic carbocycles. The highest BCUT2D eigenvalue weighted by molar-refractivity contribution is 6.20. The molecule has 0 saturated heterocycles. The summed E-state index contributed by atoms with van der Waals surface area (Å²) in [5.41, 5.74) is 0. The minimum atomic E-state index is -0.325. The lowest BCUT2D eigenvalue weighted by atomic mass is 10.2. The van der Waals surface area contributed by atoms with Crippen molar-refractivity contribution in [2.24, 2.45) is 0 Å². The first kappa shape index (κ1) is 7.36. The van der Waals surface area contributed by atoms with Gasteiger partial charge in [-0.2, -0.15) is 0 Å². The van der Waals surface area contributed by atoms with E-state index in [1.165, 1.54) is 0 Å². The van der Waals surface area contributed by atoms with Crippen LogP contribution in [0.1, 0.15) is 32.1 Å². The van der Waals surface area contributed by atoms with Crippen LogP contribution < -0.4 is 0 Å². The molecule has 0 N–H and O–H groups in total. The Morgan fingerprint density at radius 2 is 1.89 bits per heavy atom. The number of hydrogen-bond acceptors (Lipinski definition) is 0. The molecule has 0 heterocycles. The predicted octanol–water partition coefficient (Wildman–Crippen LogP) is 2.36. The lowest BCUT2D eigenvalue weighted by Crippen LogP contribution is -2.01. The fraction of sp³-hybridized carbons (Fsp3) is 1.00. The van der Waals surface area contributed by atoms with Crippen LogP contribution in [0.3, 0.4) is 0 Å². The maximum atomic E-state index is 10.9. The number of alkyl halides is 1. The van der Waals surface area contributed by atoms with Gasteiger partial charge in [0.05, 0.1) is 6.10 Å². The van der Waals surface area contributed by atoms with E-state index in [1.807, 2.05) is 0 Å². The molecule has 0 spiro atoms. The van der Waals surface area contributed by atoms with Gasteiger partial charge in [-0.3, -0.25) is 0 Å². The molecule has 1 nitrogen and oxygen atoms in total. The van der Waals surface area contributed by atoms with Crippen LogP contribution in [0.2, 0.25) is 0 Å². The van der Waals surface area contributed by atoms with Gasteiger partial charge in [0.15, 0.2) is 0 Å². The predicted molar refractivity (Wildman–Crippen MR) is 37.2 cm³/mol. The summed E-state index contributed by atoms with van der Waals surface area (Å²) < 4.78 is 0. The normalized spacial score (nSPS) is 38.0. The highest BCUT2D eigenvalue weighted by Crippen LogP contribution is 2.21. The van der Waals surface area contributed by atoms with E-state index in [4.69, 9.17) is 11.6 Å². The van der Waals surface area contributed by atoms with Gasteiger partial charge in [0, 0.05) is 5.38 Å². The molecule has 1 aliphatic rings. The van der Waals surface area contributed by atoms with Crippen molar-refractivity contribution in [2.75, 3.05) is 0 Å². The summed E-state index contributed by atoms with van der Waals surface area (Å²) in [7, 11) is 0. The van der Waals surface area contributed by atoms with E-state index in [9.17, 15) is 5.11 Å². The van der Waals surface area contributed by atoms with Crippen LogP contribution in [0.15, 0.2) is 0 Å². The third-order valence-electron chi connectivity index (χ3n) is 1.85. The van der Waals surface area contributed by atoms with Crippen molar-refractivity contribution in [3.63, 3.8) is 0 Å². The molecule has 9 heavy (non-hydrogen) atoms. The SMILES string of the molecule is [O]C1CCCC(Cl)CC1. The minimum absolute atomic E-state index is 0.281. The highest BCUT2D eigenvalue weighted by Gasteiger charge is 2.15. The van der Waals surface area contributed by atoms with Crippen LogP contribution >= 0.6 is 11.6 Å². The van der Waals surface area contributed by atoms with Crippen LogP contribution in [-0.2, 0) is 5.11 Å². The maximum absolute atomic E-state index is 10.9. The van der Waals surface area contributed by atoms with Gasteiger partial charge in [0.25, 0.3) is 0 Å². The molecule has 0 aromatic heterocycles. The lowest BCUT2D eigenvalue weighted by molar-refractivity contribution is 0.0759.